The number of carbonyl (C=O) groups excluding carboxylic acids is 2. The quantitative estimate of drug-likeness (QED) is 0.662. The Balaban J connectivity index is 2.00. The van der Waals surface area contributed by atoms with E-state index in [1.54, 1.807) is 24.3 Å². The molecular formula is C21H25NO6. The van der Waals surface area contributed by atoms with E-state index in [1.165, 1.54) is 13.2 Å². The van der Waals surface area contributed by atoms with Crippen LogP contribution in [0.15, 0.2) is 36.4 Å². The van der Waals surface area contributed by atoms with Crippen molar-refractivity contribution < 1.29 is 28.5 Å². The van der Waals surface area contributed by atoms with Crippen LogP contribution in [0.2, 0.25) is 0 Å². The van der Waals surface area contributed by atoms with Crippen LogP contribution in [-0.2, 0) is 9.53 Å². The average Bonchev–Trinajstić information content (AvgIpc) is 2.68. The Morgan fingerprint density at radius 2 is 1.61 bits per heavy atom. The SMILES string of the molecule is CCOc1ccc(C(=O)OCC(=O)Nc2cc(C)ccc2OC)cc1OCC. The van der Waals surface area contributed by atoms with Crippen molar-refractivity contribution >= 4 is 17.6 Å². The summed E-state index contributed by atoms with van der Waals surface area (Å²) in [7, 11) is 1.52. The number of carbonyl (C=O) groups is 2. The Bertz CT molecular complexity index is 834. The van der Waals surface area contributed by atoms with E-state index in [-0.39, 0.29) is 5.56 Å². The summed E-state index contributed by atoms with van der Waals surface area (Å²) >= 11 is 0. The zero-order valence-electron chi connectivity index (χ0n) is 16.5. The molecule has 2 aromatic rings. The number of amides is 1. The molecule has 7 nitrogen and oxygen atoms in total. The Hall–Kier alpha value is -3.22. The number of aryl methyl sites for hydroxylation is 1. The molecule has 0 spiro atoms. The number of hydrogen-bond donors (Lipinski definition) is 1. The first kappa shape index (κ1) is 21.1. The van der Waals surface area contributed by atoms with Gasteiger partial charge in [-0.3, -0.25) is 4.79 Å². The van der Waals surface area contributed by atoms with Crippen LogP contribution in [0.1, 0.15) is 29.8 Å². The normalized spacial score (nSPS) is 10.1. The average molecular weight is 387 g/mol. The minimum absolute atomic E-state index is 0.271. The molecule has 28 heavy (non-hydrogen) atoms. The van der Waals surface area contributed by atoms with Crippen LogP contribution >= 0.6 is 0 Å². The Morgan fingerprint density at radius 1 is 0.929 bits per heavy atom. The van der Waals surface area contributed by atoms with Crippen molar-refractivity contribution in [2.75, 3.05) is 32.2 Å². The molecule has 2 aromatic carbocycles. The third-order valence-electron chi connectivity index (χ3n) is 3.74. The molecule has 0 aromatic heterocycles. The number of methoxy groups -OCH3 is 1. The van der Waals surface area contributed by atoms with Crippen molar-refractivity contribution in [1.29, 1.82) is 0 Å². The van der Waals surface area contributed by atoms with Crippen molar-refractivity contribution in [2.24, 2.45) is 0 Å². The van der Waals surface area contributed by atoms with Crippen molar-refractivity contribution in [2.45, 2.75) is 20.8 Å². The maximum absolute atomic E-state index is 12.3. The van der Waals surface area contributed by atoms with E-state index in [0.29, 0.717) is 36.1 Å². The molecule has 1 amide bonds. The van der Waals surface area contributed by atoms with E-state index in [1.807, 2.05) is 26.8 Å². The number of anilines is 1. The molecule has 0 aliphatic heterocycles. The molecule has 150 valence electrons. The molecule has 7 heteroatoms. The second kappa shape index (κ2) is 10.2. The first-order chi connectivity index (χ1) is 13.5. The van der Waals surface area contributed by atoms with Gasteiger partial charge in [-0.2, -0.15) is 0 Å². The Kier molecular flexibility index (Phi) is 7.68. The highest BCUT2D eigenvalue weighted by Crippen LogP contribution is 2.29. The molecule has 0 bridgehead atoms. The third kappa shape index (κ3) is 5.64. The van der Waals surface area contributed by atoms with E-state index in [2.05, 4.69) is 5.32 Å². The second-order valence-electron chi connectivity index (χ2n) is 5.86. The summed E-state index contributed by atoms with van der Waals surface area (Å²) in [6.45, 7) is 6.08. The molecule has 0 unspecified atom stereocenters. The molecule has 0 atom stereocenters. The minimum Gasteiger partial charge on any atom is -0.495 e. The molecule has 0 heterocycles. The van der Waals surface area contributed by atoms with Crippen LogP contribution in [-0.4, -0.2) is 38.8 Å². The van der Waals surface area contributed by atoms with Crippen molar-refractivity contribution in [3.63, 3.8) is 0 Å². The number of benzene rings is 2. The molecule has 0 aliphatic rings. The van der Waals surface area contributed by atoms with E-state index >= 15 is 0 Å². The van der Waals surface area contributed by atoms with Crippen LogP contribution in [0.25, 0.3) is 0 Å². The largest absolute Gasteiger partial charge is 0.495 e. The topological polar surface area (TPSA) is 83.1 Å². The van der Waals surface area contributed by atoms with Crippen LogP contribution in [0, 0.1) is 6.92 Å². The summed E-state index contributed by atoms with van der Waals surface area (Å²) in [5.41, 5.74) is 1.75. The third-order valence-corrected chi connectivity index (χ3v) is 3.74. The summed E-state index contributed by atoms with van der Waals surface area (Å²) in [6.07, 6.45) is 0. The Morgan fingerprint density at radius 3 is 2.29 bits per heavy atom. The number of ether oxygens (including phenoxy) is 4. The number of rotatable bonds is 9. The van der Waals surface area contributed by atoms with E-state index in [4.69, 9.17) is 18.9 Å². The lowest BCUT2D eigenvalue weighted by Gasteiger charge is -2.13. The standard InChI is InChI=1S/C21H25NO6/c1-5-26-18-10-8-15(12-19(18)27-6-2)21(24)28-13-20(23)22-16-11-14(3)7-9-17(16)25-4/h7-12H,5-6,13H2,1-4H3,(H,22,23). The zero-order chi connectivity index (χ0) is 20.5. The van der Waals surface area contributed by atoms with E-state index in [0.717, 1.165) is 5.56 Å². The summed E-state index contributed by atoms with van der Waals surface area (Å²) in [5.74, 6) is 0.430. The number of hydrogen-bond acceptors (Lipinski definition) is 6. The lowest BCUT2D eigenvalue weighted by Crippen LogP contribution is -2.21. The highest BCUT2D eigenvalue weighted by molar-refractivity contribution is 5.96. The first-order valence-electron chi connectivity index (χ1n) is 8.99. The fourth-order valence-corrected chi connectivity index (χ4v) is 2.50. The van der Waals surface area contributed by atoms with Crippen molar-refractivity contribution in [1.82, 2.24) is 0 Å². The summed E-state index contributed by atoms with van der Waals surface area (Å²) in [5, 5.41) is 2.68. The highest BCUT2D eigenvalue weighted by atomic mass is 16.5. The summed E-state index contributed by atoms with van der Waals surface area (Å²) < 4.78 is 21.3. The molecular weight excluding hydrogens is 362 g/mol. The van der Waals surface area contributed by atoms with Gasteiger partial charge in [-0.05, 0) is 56.7 Å². The second-order valence-corrected chi connectivity index (χ2v) is 5.86. The van der Waals surface area contributed by atoms with Crippen LogP contribution in [0.4, 0.5) is 5.69 Å². The van der Waals surface area contributed by atoms with Gasteiger partial charge in [-0.15, -0.1) is 0 Å². The molecule has 0 saturated carbocycles. The van der Waals surface area contributed by atoms with Gasteiger partial charge in [0.1, 0.15) is 5.75 Å². The van der Waals surface area contributed by atoms with Crippen molar-refractivity contribution in [3.05, 3.63) is 47.5 Å². The molecule has 0 radical (unpaired) electrons. The fourth-order valence-electron chi connectivity index (χ4n) is 2.50. The molecule has 2 rings (SSSR count). The number of esters is 1. The van der Waals surface area contributed by atoms with Crippen LogP contribution in [0.5, 0.6) is 17.2 Å². The smallest absolute Gasteiger partial charge is 0.338 e. The maximum atomic E-state index is 12.3. The van der Waals surface area contributed by atoms with E-state index < -0.39 is 18.5 Å². The predicted octanol–water partition coefficient (Wildman–Crippen LogP) is 3.60. The van der Waals surface area contributed by atoms with Gasteiger partial charge in [0, 0.05) is 0 Å². The Labute approximate surface area is 164 Å². The van der Waals surface area contributed by atoms with Gasteiger partial charge in [0.2, 0.25) is 0 Å². The lowest BCUT2D eigenvalue weighted by atomic mass is 10.2. The maximum Gasteiger partial charge on any atom is 0.338 e. The molecule has 0 saturated heterocycles. The summed E-state index contributed by atoms with van der Waals surface area (Å²) in [6, 6.07) is 10.2. The minimum atomic E-state index is -0.629. The molecule has 1 N–H and O–H groups in total. The van der Waals surface area contributed by atoms with Gasteiger partial charge in [-0.25, -0.2) is 4.79 Å². The highest BCUT2D eigenvalue weighted by Gasteiger charge is 2.15. The summed E-state index contributed by atoms with van der Waals surface area (Å²) in [4.78, 5) is 24.4. The van der Waals surface area contributed by atoms with Gasteiger partial charge in [0.25, 0.3) is 5.91 Å². The zero-order valence-corrected chi connectivity index (χ0v) is 16.5. The van der Waals surface area contributed by atoms with Gasteiger partial charge in [-0.1, -0.05) is 6.07 Å². The lowest BCUT2D eigenvalue weighted by molar-refractivity contribution is -0.119. The molecule has 0 aliphatic carbocycles. The first-order valence-corrected chi connectivity index (χ1v) is 8.99. The number of nitrogens with one attached hydrogen (secondary N) is 1. The van der Waals surface area contributed by atoms with Gasteiger partial charge in [0.05, 0.1) is 31.6 Å². The van der Waals surface area contributed by atoms with Crippen LogP contribution < -0.4 is 19.5 Å². The van der Waals surface area contributed by atoms with Gasteiger partial charge < -0.3 is 24.3 Å². The van der Waals surface area contributed by atoms with Gasteiger partial charge >= 0.3 is 5.97 Å². The van der Waals surface area contributed by atoms with E-state index in [9.17, 15) is 9.59 Å². The van der Waals surface area contributed by atoms with Crippen molar-refractivity contribution in [3.8, 4) is 17.2 Å². The molecule has 0 fully saturated rings. The fraction of sp³-hybridized carbons (Fsp3) is 0.333. The van der Waals surface area contributed by atoms with Crippen LogP contribution in [0.3, 0.4) is 0 Å². The van der Waals surface area contributed by atoms with Gasteiger partial charge in [0.15, 0.2) is 18.1 Å². The monoisotopic (exact) mass is 387 g/mol. The predicted molar refractivity (Wildman–Crippen MR) is 105 cm³/mol.